The second-order valence-electron chi connectivity index (χ2n) is 5.70. The zero-order valence-corrected chi connectivity index (χ0v) is 13.6. The van der Waals surface area contributed by atoms with Crippen LogP contribution in [0, 0.1) is 0 Å². The fourth-order valence-electron chi connectivity index (χ4n) is 2.74. The summed E-state index contributed by atoms with van der Waals surface area (Å²) in [7, 11) is 0. The van der Waals surface area contributed by atoms with E-state index in [-0.39, 0.29) is 0 Å². The molecule has 5 heteroatoms. The molecule has 4 aromatic rings. The summed E-state index contributed by atoms with van der Waals surface area (Å²) in [6.07, 6.45) is 5.70. The van der Waals surface area contributed by atoms with Crippen molar-refractivity contribution in [2.24, 2.45) is 5.73 Å². The maximum absolute atomic E-state index is 5.69. The zero-order valence-electron chi connectivity index (χ0n) is 13.6. The molecule has 124 valence electrons. The molecule has 0 fully saturated rings. The second-order valence-corrected chi connectivity index (χ2v) is 5.70. The van der Waals surface area contributed by atoms with E-state index in [0.717, 1.165) is 28.8 Å². The van der Waals surface area contributed by atoms with E-state index in [2.05, 4.69) is 22.1 Å². The smallest absolute Gasteiger partial charge is 0.226 e. The molecular formula is C20H17N3O2. The predicted octanol–water partition coefficient (Wildman–Crippen LogP) is 4.16. The van der Waals surface area contributed by atoms with Gasteiger partial charge in [0, 0.05) is 16.7 Å². The van der Waals surface area contributed by atoms with E-state index in [1.165, 1.54) is 5.56 Å². The summed E-state index contributed by atoms with van der Waals surface area (Å²) in [6.45, 7) is 0.626. The van der Waals surface area contributed by atoms with Crippen LogP contribution in [0.4, 0.5) is 0 Å². The van der Waals surface area contributed by atoms with Gasteiger partial charge in [-0.15, -0.1) is 0 Å². The third-order valence-electron chi connectivity index (χ3n) is 3.95. The Labute approximate surface area is 145 Å². The number of rotatable bonds is 5. The summed E-state index contributed by atoms with van der Waals surface area (Å²) in [5, 5.41) is 0. The molecule has 2 aromatic heterocycles. The van der Waals surface area contributed by atoms with E-state index in [0.29, 0.717) is 18.3 Å². The van der Waals surface area contributed by atoms with Crippen LogP contribution in [0.5, 0.6) is 0 Å². The van der Waals surface area contributed by atoms with Gasteiger partial charge in [0.15, 0.2) is 0 Å². The Morgan fingerprint density at radius 2 is 1.68 bits per heavy atom. The van der Waals surface area contributed by atoms with Gasteiger partial charge in [0.05, 0.1) is 6.20 Å². The molecule has 2 aromatic carbocycles. The quantitative estimate of drug-likeness (QED) is 0.594. The van der Waals surface area contributed by atoms with Crippen molar-refractivity contribution >= 4 is 0 Å². The van der Waals surface area contributed by atoms with E-state index in [4.69, 9.17) is 14.6 Å². The summed E-state index contributed by atoms with van der Waals surface area (Å²) >= 11 is 0. The van der Waals surface area contributed by atoms with Crippen molar-refractivity contribution in [3.8, 4) is 34.2 Å². The minimum absolute atomic E-state index is 0.563. The summed E-state index contributed by atoms with van der Waals surface area (Å²) in [5.41, 5.74) is 10.4. The molecule has 0 aliphatic heterocycles. The second kappa shape index (κ2) is 6.75. The number of benzene rings is 2. The molecule has 0 atom stereocenters. The van der Waals surface area contributed by atoms with E-state index in [1.807, 2.05) is 36.4 Å². The first-order valence-electron chi connectivity index (χ1n) is 8.09. The van der Waals surface area contributed by atoms with Crippen molar-refractivity contribution in [1.82, 2.24) is 9.97 Å². The molecular weight excluding hydrogens is 314 g/mol. The molecule has 5 nitrogen and oxygen atoms in total. The average Bonchev–Trinajstić information content (AvgIpc) is 3.35. The maximum atomic E-state index is 5.69. The third-order valence-corrected chi connectivity index (χ3v) is 3.95. The highest BCUT2D eigenvalue weighted by atomic mass is 16.3. The Kier molecular flexibility index (Phi) is 4.14. The first-order chi connectivity index (χ1) is 12.3. The van der Waals surface area contributed by atoms with Crippen molar-refractivity contribution in [2.75, 3.05) is 6.54 Å². The van der Waals surface area contributed by atoms with Crippen LogP contribution in [0.3, 0.4) is 0 Å². The van der Waals surface area contributed by atoms with Crippen molar-refractivity contribution in [3.05, 3.63) is 72.8 Å². The topological polar surface area (TPSA) is 78.1 Å². The molecule has 4 rings (SSSR count). The lowest BCUT2D eigenvalue weighted by atomic mass is 10.1. The van der Waals surface area contributed by atoms with E-state index in [1.54, 1.807) is 18.7 Å². The standard InChI is InChI=1S/C20H17N3O2/c21-8-7-14-3-1-4-15(11-14)18-13-25-20(23-18)17-6-2-5-16(12-17)19-22-9-10-24-19/h1-6,9-13H,7-8,21H2. The van der Waals surface area contributed by atoms with Gasteiger partial charge < -0.3 is 14.6 Å². The molecule has 2 N–H and O–H groups in total. The monoisotopic (exact) mass is 331 g/mol. The van der Waals surface area contributed by atoms with Crippen LogP contribution in [0.2, 0.25) is 0 Å². The molecule has 0 spiro atoms. The number of hydrogen-bond donors (Lipinski definition) is 1. The fraction of sp³-hybridized carbons (Fsp3) is 0.100. The predicted molar refractivity (Wildman–Crippen MR) is 95.6 cm³/mol. The van der Waals surface area contributed by atoms with E-state index < -0.39 is 0 Å². The summed E-state index contributed by atoms with van der Waals surface area (Å²) < 4.78 is 11.0. The summed E-state index contributed by atoms with van der Waals surface area (Å²) in [5.74, 6) is 1.13. The lowest BCUT2D eigenvalue weighted by Gasteiger charge is -2.01. The van der Waals surface area contributed by atoms with Crippen molar-refractivity contribution < 1.29 is 8.83 Å². The van der Waals surface area contributed by atoms with Crippen molar-refractivity contribution in [2.45, 2.75) is 6.42 Å². The molecule has 2 heterocycles. The highest BCUT2D eigenvalue weighted by Crippen LogP contribution is 2.28. The third kappa shape index (κ3) is 3.22. The SMILES string of the molecule is NCCc1cccc(-c2coc(-c3cccc(-c4ncco4)c3)n2)c1. The van der Waals surface area contributed by atoms with E-state index in [9.17, 15) is 0 Å². The van der Waals surface area contributed by atoms with E-state index >= 15 is 0 Å². The van der Waals surface area contributed by atoms with Crippen LogP contribution in [0.1, 0.15) is 5.56 Å². The largest absolute Gasteiger partial charge is 0.445 e. The van der Waals surface area contributed by atoms with Crippen molar-refractivity contribution in [1.29, 1.82) is 0 Å². The highest BCUT2D eigenvalue weighted by Gasteiger charge is 2.11. The fourth-order valence-corrected chi connectivity index (χ4v) is 2.74. The first-order valence-corrected chi connectivity index (χ1v) is 8.09. The molecule has 0 saturated heterocycles. The zero-order chi connectivity index (χ0) is 17.1. The number of nitrogens with two attached hydrogens (primary N) is 1. The molecule has 0 radical (unpaired) electrons. The summed E-state index contributed by atoms with van der Waals surface area (Å²) in [4.78, 5) is 8.80. The molecule has 0 aliphatic carbocycles. The Balaban J connectivity index is 1.66. The van der Waals surface area contributed by atoms with Crippen LogP contribution < -0.4 is 5.73 Å². The van der Waals surface area contributed by atoms with Gasteiger partial charge in [-0.05, 0) is 42.8 Å². The number of oxazole rings is 2. The molecule has 0 amide bonds. The van der Waals surface area contributed by atoms with Gasteiger partial charge in [-0.3, -0.25) is 0 Å². The molecule has 0 saturated carbocycles. The number of hydrogen-bond acceptors (Lipinski definition) is 5. The minimum atomic E-state index is 0.563. The number of aromatic nitrogens is 2. The Hall–Kier alpha value is -3.18. The van der Waals surface area contributed by atoms with Crippen LogP contribution in [0.15, 0.2) is 76.1 Å². The molecule has 0 unspecified atom stereocenters. The highest BCUT2D eigenvalue weighted by molar-refractivity contribution is 5.67. The van der Waals surface area contributed by atoms with Gasteiger partial charge >= 0.3 is 0 Å². The molecule has 0 aliphatic rings. The van der Waals surface area contributed by atoms with Crippen LogP contribution in [0.25, 0.3) is 34.2 Å². The van der Waals surface area contributed by atoms with Gasteiger partial charge in [0.2, 0.25) is 11.8 Å². The van der Waals surface area contributed by atoms with Crippen molar-refractivity contribution in [3.63, 3.8) is 0 Å². The maximum Gasteiger partial charge on any atom is 0.226 e. The van der Waals surface area contributed by atoms with Gasteiger partial charge in [0.25, 0.3) is 0 Å². The first kappa shape index (κ1) is 15.4. The van der Waals surface area contributed by atoms with Crippen LogP contribution >= 0.6 is 0 Å². The summed E-state index contributed by atoms with van der Waals surface area (Å²) in [6, 6.07) is 16.0. The molecule has 25 heavy (non-hydrogen) atoms. The lowest BCUT2D eigenvalue weighted by Crippen LogP contribution is -2.02. The Bertz CT molecular complexity index is 974. The van der Waals surface area contributed by atoms with Gasteiger partial charge in [-0.1, -0.05) is 24.3 Å². The van der Waals surface area contributed by atoms with Crippen LogP contribution in [-0.2, 0) is 6.42 Å². The normalized spacial score (nSPS) is 10.9. The average molecular weight is 331 g/mol. The van der Waals surface area contributed by atoms with Gasteiger partial charge in [0.1, 0.15) is 18.2 Å². The van der Waals surface area contributed by atoms with Gasteiger partial charge in [-0.2, -0.15) is 0 Å². The Morgan fingerprint density at radius 3 is 2.48 bits per heavy atom. The molecule has 0 bridgehead atoms. The Morgan fingerprint density at radius 1 is 0.880 bits per heavy atom. The van der Waals surface area contributed by atoms with Gasteiger partial charge in [-0.25, -0.2) is 9.97 Å². The minimum Gasteiger partial charge on any atom is -0.445 e. The van der Waals surface area contributed by atoms with Crippen LogP contribution in [-0.4, -0.2) is 16.5 Å². The lowest BCUT2D eigenvalue weighted by molar-refractivity contribution is 0.572. The number of nitrogens with zero attached hydrogens (tertiary/aromatic N) is 2.